The minimum Gasteiger partial charge on any atom is -0.457 e. The van der Waals surface area contributed by atoms with Gasteiger partial charge in [-0.05, 0) is 86.4 Å². The summed E-state index contributed by atoms with van der Waals surface area (Å²) in [6, 6.07) is 14.3. The molecule has 0 aliphatic carbocycles. The molecule has 3 aromatic rings. The number of carbonyl (C=O) groups excluding carboxylic acids is 2. The van der Waals surface area contributed by atoms with Crippen molar-refractivity contribution in [2.24, 2.45) is 0 Å². The molecule has 1 aliphatic rings. The van der Waals surface area contributed by atoms with E-state index in [9.17, 15) is 19.1 Å². The van der Waals surface area contributed by atoms with E-state index in [1.165, 1.54) is 6.07 Å². The lowest BCUT2D eigenvalue weighted by molar-refractivity contribution is -0.126. The first-order valence-corrected chi connectivity index (χ1v) is 13.2. The number of benzene rings is 2. The van der Waals surface area contributed by atoms with Crippen molar-refractivity contribution in [2.45, 2.75) is 39.7 Å². The number of hydrogen-bond donors (Lipinski definition) is 3. The number of likely N-dealkylation sites (tertiary alicyclic amines) is 1. The van der Waals surface area contributed by atoms with Crippen LogP contribution >= 0.6 is 0 Å². The van der Waals surface area contributed by atoms with E-state index in [1.54, 1.807) is 59.6 Å². The van der Waals surface area contributed by atoms with E-state index in [1.807, 2.05) is 32.9 Å². The number of β-amino-alcohol motifs (C(OH)–C–C–N with tert-alkyl or cyclic N) is 1. The molecular weight excluding hydrogens is 511 g/mol. The number of urea groups is 1. The first-order chi connectivity index (χ1) is 19.2. The molecule has 3 N–H and O–H groups in total. The van der Waals surface area contributed by atoms with Crippen LogP contribution in [0, 0.1) is 12.7 Å². The van der Waals surface area contributed by atoms with Gasteiger partial charge in [0.15, 0.2) is 0 Å². The number of carbonyl (C=O) groups is 2. The Balaban J connectivity index is 1.41. The molecule has 208 valence electrons. The number of halogens is 1. The third kappa shape index (κ3) is 7.33. The van der Waals surface area contributed by atoms with Gasteiger partial charge in [-0.2, -0.15) is 0 Å². The van der Waals surface area contributed by atoms with Gasteiger partial charge in [0.05, 0.1) is 17.5 Å². The summed E-state index contributed by atoms with van der Waals surface area (Å²) < 4.78 is 19.9. The van der Waals surface area contributed by atoms with Crippen molar-refractivity contribution < 1.29 is 23.8 Å². The molecule has 2 aromatic carbocycles. The molecular formula is C31H33FN4O4. The number of aryl methyl sites for hydroxylation is 1. The van der Waals surface area contributed by atoms with Crippen LogP contribution in [-0.2, 0) is 4.79 Å². The molecule has 2 heterocycles. The highest BCUT2D eigenvalue weighted by Crippen LogP contribution is 2.27. The number of hydrogen-bond acceptors (Lipinski definition) is 5. The molecule has 40 heavy (non-hydrogen) atoms. The number of nitrogens with zero attached hydrogens (tertiary/aromatic N) is 2. The number of ether oxygens (including phenoxy) is 1. The van der Waals surface area contributed by atoms with Crippen LogP contribution in [0.1, 0.15) is 37.9 Å². The van der Waals surface area contributed by atoms with Crippen LogP contribution < -0.4 is 15.4 Å². The van der Waals surface area contributed by atoms with E-state index < -0.39 is 18.0 Å². The van der Waals surface area contributed by atoms with Crippen molar-refractivity contribution in [1.29, 1.82) is 0 Å². The summed E-state index contributed by atoms with van der Waals surface area (Å²) in [7, 11) is 0. The maximum absolute atomic E-state index is 13.9. The maximum Gasteiger partial charge on any atom is 0.323 e. The van der Waals surface area contributed by atoms with Crippen molar-refractivity contribution in [3.05, 3.63) is 95.6 Å². The highest BCUT2D eigenvalue weighted by atomic mass is 19.1. The van der Waals surface area contributed by atoms with E-state index in [0.29, 0.717) is 54.4 Å². The molecule has 4 rings (SSSR count). The lowest BCUT2D eigenvalue weighted by Crippen LogP contribution is -2.30. The highest BCUT2D eigenvalue weighted by molar-refractivity contribution is 6.00. The second-order valence-electron chi connectivity index (χ2n) is 9.53. The second-order valence-corrected chi connectivity index (χ2v) is 9.53. The molecule has 3 amide bonds. The lowest BCUT2D eigenvalue weighted by atomic mass is 10.0. The van der Waals surface area contributed by atoms with Crippen molar-refractivity contribution in [2.75, 3.05) is 23.7 Å². The van der Waals surface area contributed by atoms with E-state index >= 15 is 0 Å². The van der Waals surface area contributed by atoms with Crippen molar-refractivity contribution in [3.8, 4) is 11.5 Å². The van der Waals surface area contributed by atoms with Gasteiger partial charge in [-0.1, -0.05) is 19.1 Å². The number of anilines is 2. The lowest BCUT2D eigenvalue weighted by Gasteiger charge is -2.17. The standard InChI is InChI=1S/C31H33FN4O4/c1-4-21(17-22(5-2)30(38)36-15-13-24(37)19-36)28-18-26(12-14-33-28)40-25-9-7-23(8-10-25)34-31(39)35-29-16-20(3)6-11-27(29)32/h5-12,14,16-18,24,37H,4,13,15,19H2,1-3H3,(H2,34,35,39)/b21-17+,22-5+/t24-/m0/s1. The maximum atomic E-state index is 13.9. The Hall–Kier alpha value is -4.50. The molecule has 0 bridgehead atoms. The fourth-order valence-electron chi connectivity index (χ4n) is 4.33. The normalized spacial score (nSPS) is 15.6. The third-order valence-corrected chi connectivity index (χ3v) is 6.50. The minimum atomic E-state index is -0.560. The molecule has 1 aromatic heterocycles. The van der Waals surface area contributed by atoms with Gasteiger partial charge < -0.3 is 25.4 Å². The first kappa shape index (κ1) is 28.5. The van der Waals surface area contributed by atoms with Gasteiger partial charge in [-0.3, -0.25) is 9.78 Å². The number of pyridine rings is 1. The van der Waals surface area contributed by atoms with Crippen LogP contribution in [0.25, 0.3) is 5.57 Å². The van der Waals surface area contributed by atoms with Crippen molar-refractivity contribution >= 4 is 28.9 Å². The number of nitrogens with one attached hydrogen (secondary N) is 2. The summed E-state index contributed by atoms with van der Waals surface area (Å²) in [4.78, 5) is 31.4. The Kier molecular flexibility index (Phi) is 9.29. The molecule has 1 atom stereocenters. The predicted octanol–water partition coefficient (Wildman–Crippen LogP) is 6.30. The number of aliphatic hydroxyl groups excluding tert-OH is 1. The van der Waals surface area contributed by atoms with Gasteiger partial charge in [0.25, 0.3) is 5.91 Å². The topological polar surface area (TPSA) is 104 Å². The van der Waals surface area contributed by atoms with Crippen LogP contribution in [0.3, 0.4) is 0 Å². The van der Waals surface area contributed by atoms with Crippen LogP contribution in [0.5, 0.6) is 11.5 Å². The SMILES string of the molecule is C/C=C(\C=C(/CC)c1cc(Oc2ccc(NC(=O)Nc3cc(C)ccc3F)cc2)ccn1)C(=O)N1CC[C@H](O)C1. The van der Waals surface area contributed by atoms with Crippen LogP contribution in [0.2, 0.25) is 0 Å². The monoisotopic (exact) mass is 544 g/mol. The van der Waals surface area contributed by atoms with Gasteiger partial charge >= 0.3 is 6.03 Å². The molecule has 1 saturated heterocycles. The average Bonchev–Trinajstić information content (AvgIpc) is 3.38. The predicted molar refractivity (Wildman–Crippen MR) is 154 cm³/mol. The molecule has 1 fully saturated rings. The Morgan fingerprint density at radius 1 is 1.12 bits per heavy atom. The summed E-state index contributed by atoms with van der Waals surface area (Å²) in [6.07, 6.45) is 6.03. The number of amides is 3. The van der Waals surface area contributed by atoms with Gasteiger partial charge in [-0.25, -0.2) is 9.18 Å². The first-order valence-electron chi connectivity index (χ1n) is 13.2. The van der Waals surface area contributed by atoms with Gasteiger partial charge in [-0.15, -0.1) is 0 Å². The Morgan fingerprint density at radius 3 is 2.58 bits per heavy atom. The summed E-state index contributed by atoms with van der Waals surface area (Å²) in [5.41, 5.74) is 3.56. The quantitative estimate of drug-likeness (QED) is 0.228. The summed E-state index contributed by atoms with van der Waals surface area (Å²) in [6.45, 7) is 6.51. The molecule has 9 heteroatoms. The minimum absolute atomic E-state index is 0.104. The van der Waals surface area contributed by atoms with Crippen LogP contribution in [0.4, 0.5) is 20.6 Å². The van der Waals surface area contributed by atoms with E-state index in [2.05, 4.69) is 15.6 Å². The zero-order valence-corrected chi connectivity index (χ0v) is 22.8. The summed E-state index contributed by atoms with van der Waals surface area (Å²) >= 11 is 0. The van der Waals surface area contributed by atoms with Crippen LogP contribution in [-0.4, -0.2) is 46.1 Å². The smallest absolute Gasteiger partial charge is 0.323 e. The fraction of sp³-hybridized carbons (Fsp3) is 0.258. The fourth-order valence-corrected chi connectivity index (χ4v) is 4.33. The molecule has 0 unspecified atom stereocenters. The highest BCUT2D eigenvalue weighted by Gasteiger charge is 2.26. The third-order valence-electron chi connectivity index (χ3n) is 6.50. The second kappa shape index (κ2) is 13.0. The van der Waals surface area contributed by atoms with Gasteiger partial charge in [0.1, 0.15) is 17.3 Å². The zero-order valence-electron chi connectivity index (χ0n) is 22.8. The largest absolute Gasteiger partial charge is 0.457 e. The summed E-state index contributed by atoms with van der Waals surface area (Å²) in [5.74, 6) is 0.492. The Labute approximate surface area is 233 Å². The molecule has 0 saturated carbocycles. The van der Waals surface area contributed by atoms with Crippen LogP contribution in [0.15, 0.2) is 78.5 Å². The molecule has 1 aliphatic heterocycles. The molecule has 0 radical (unpaired) electrons. The summed E-state index contributed by atoms with van der Waals surface area (Å²) in [5, 5.41) is 15.0. The Morgan fingerprint density at radius 2 is 1.90 bits per heavy atom. The van der Waals surface area contributed by atoms with Gasteiger partial charge in [0.2, 0.25) is 0 Å². The number of aromatic nitrogens is 1. The number of allylic oxidation sites excluding steroid dienone is 2. The zero-order chi connectivity index (χ0) is 28.6. The van der Waals surface area contributed by atoms with Gasteiger partial charge in [0, 0.05) is 36.6 Å². The number of rotatable bonds is 8. The van der Waals surface area contributed by atoms with Crippen molar-refractivity contribution in [3.63, 3.8) is 0 Å². The van der Waals surface area contributed by atoms with Crippen molar-refractivity contribution in [1.82, 2.24) is 9.88 Å². The average molecular weight is 545 g/mol. The molecule has 8 nitrogen and oxygen atoms in total. The van der Waals surface area contributed by atoms with E-state index in [0.717, 1.165) is 11.1 Å². The number of aliphatic hydroxyl groups is 1. The van der Waals surface area contributed by atoms with E-state index in [-0.39, 0.29) is 11.6 Å². The van der Waals surface area contributed by atoms with E-state index in [4.69, 9.17) is 4.74 Å². The Bertz CT molecular complexity index is 1440. The molecule has 0 spiro atoms.